The highest BCUT2D eigenvalue weighted by molar-refractivity contribution is 5.77. The van der Waals surface area contributed by atoms with Crippen molar-refractivity contribution in [1.82, 2.24) is 10.6 Å². The zero-order valence-corrected chi connectivity index (χ0v) is 13.8. The summed E-state index contributed by atoms with van der Waals surface area (Å²) in [5.41, 5.74) is 0.224. The van der Waals surface area contributed by atoms with E-state index in [1.165, 1.54) is 0 Å². The lowest BCUT2D eigenvalue weighted by atomic mass is 9.62. The molecule has 4 nitrogen and oxygen atoms in total. The fourth-order valence-corrected chi connectivity index (χ4v) is 3.66. The summed E-state index contributed by atoms with van der Waals surface area (Å²) >= 11 is 0. The number of nitrogens with one attached hydrogen (secondary N) is 2. The first kappa shape index (κ1) is 17.0. The second-order valence-corrected chi connectivity index (χ2v) is 7.83. The van der Waals surface area contributed by atoms with E-state index in [-0.39, 0.29) is 34.6 Å². The van der Waals surface area contributed by atoms with Crippen molar-refractivity contribution in [2.24, 2.45) is 16.7 Å². The molecule has 2 unspecified atom stereocenters. The normalized spacial score (nSPS) is 29.1. The van der Waals surface area contributed by atoms with Gasteiger partial charge in [-0.1, -0.05) is 34.6 Å². The lowest BCUT2D eigenvalue weighted by molar-refractivity contribution is -0.125. The van der Waals surface area contributed by atoms with E-state index in [9.17, 15) is 9.59 Å². The van der Waals surface area contributed by atoms with Gasteiger partial charge in [0.05, 0.1) is 0 Å². The maximum Gasteiger partial charge on any atom is 0.222 e. The molecule has 0 aromatic carbocycles. The van der Waals surface area contributed by atoms with Crippen LogP contribution in [0.25, 0.3) is 0 Å². The van der Waals surface area contributed by atoms with Crippen molar-refractivity contribution >= 4 is 11.8 Å². The van der Waals surface area contributed by atoms with Gasteiger partial charge >= 0.3 is 0 Å². The van der Waals surface area contributed by atoms with E-state index in [2.05, 4.69) is 31.4 Å². The number of hydrogen-bond donors (Lipinski definition) is 2. The van der Waals surface area contributed by atoms with E-state index in [4.69, 9.17) is 0 Å². The van der Waals surface area contributed by atoms with Gasteiger partial charge in [-0.05, 0) is 30.1 Å². The minimum atomic E-state index is 0.0151. The Kier molecular flexibility index (Phi) is 5.22. The molecule has 20 heavy (non-hydrogen) atoms. The van der Waals surface area contributed by atoms with Gasteiger partial charge in [0.15, 0.2) is 0 Å². The molecule has 1 saturated carbocycles. The second kappa shape index (κ2) is 6.15. The summed E-state index contributed by atoms with van der Waals surface area (Å²) < 4.78 is 0. The monoisotopic (exact) mass is 282 g/mol. The number of amides is 2. The van der Waals surface area contributed by atoms with Crippen molar-refractivity contribution in [2.45, 2.75) is 66.8 Å². The molecule has 2 atom stereocenters. The van der Waals surface area contributed by atoms with Crippen molar-refractivity contribution < 1.29 is 9.59 Å². The largest absolute Gasteiger partial charge is 0.355 e. The fourth-order valence-electron chi connectivity index (χ4n) is 3.66. The Bertz CT molecular complexity index is 377. The third-order valence-electron chi connectivity index (χ3n) is 4.06. The maximum absolute atomic E-state index is 11.8. The standard InChI is InChI=1S/C16H30N2O2/c1-11(2)14(20)17-10-16(6)8-13(18-12(3)19)7-15(4,5)9-16/h11,13H,7-10H2,1-6H3,(H,17,20)(H,18,19). The van der Waals surface area contributed by atoms with Crippen LogP contribution in [-0.4, -0.2) is 24.4 Å². The van der Waals surface area contributed by atoms with E-state index in [1.54, 1.807) is 6.92 Å². The molecular formula is C16H30N2O2. The van der Waals surface area contributed by atoms with Crippen molar-refractivity contribution in [3.8, 4) is 0 Å². The molecule has 1 aliphatic rings. The summed E-state index contributed by atoms with van der Waals surface area (Å²) in [5.74, 6) is 0.147. The third-order valence-corrected chi connectivity index (χ3v) is 4.06. The summed E-state index contributed by atoms with van der Waals surface area (Å²) in [6.45, 7) is 12.8. The smallest absolute Gasteiger partial charge is 0.222 e. The lowest BCUT2D eigenvalue weighted by Crippen LogP contribution is -2.50. The Morgan fingerprint density at radius 2 is 1.80 bits per heavy atom. The van der Waals surface area contributed by atoms with Gasteiger partial charge in [-0.25, -0.2) is 0 Å². The minimum absolute atomic E-state index is 0.0151. The Balaban J connectivity index is 2.70. The van der Waals surface area contributed by atoms with Crippen LogP contribution >= 0.6 is 0 Å². The molecular weight excluding hydrogens is 252 g/mol. The van der Waals surface area contributed by atoms with E-state index < -0.39 is 0 Å². The SMILES string of the molecule is CC(=O)NC1CC(C)(C)CC(C)(CNC(=O)C(C)C)C1. The summed E-state index contributed by atoms with van der Waals surface area (Å²) in [5, 5.41) is 6.10. The molecule has 0 heterocycles. The van der Waals surface area contributed by atoms with Gasteiger partial charge in [-0.15, -0.1) is 0 Å². The first-order chi connectivity index (χ1) is 9.03. The Hall–Kier alpha value is -1.06. The molecule has 2 N–H and O–H groups in total. The lowest BCUT2D eigenvalue weighted by Gasteiger charge is -2.47. The van der Waals surface area contributed by atoms with Crippen LogP contribution in [0.15, 0.2) is 0 Å². The zero-order valence-electron chi connectivity index (χ0n) is 13.8. The van der Waals surface area contributed by atoms with Crippen molar-refractivity contribution in [3.63, 3.8) is 0 Å². The van der Waals surface area contributed by atoms with Crippen LogP contribution in [-0.2, 0) is 9.59 Å². The Morgan fingerprint density at radius 1 is 1.20 bits per heavy atom. The van der Waals surface area contributed by atoms with Crippen LogP contribution in [0, 0.1) is 16.7 Å². The minimum Gasteiger partial charge on any atom is -0.355 e. The molecule has 0 bridgehead atoms. The fraction of sp³-hybridized carbons (Fsp3) is 0.875. The van der Waals surface area contributed by atoms with E-state index in [0.29, 0.717) is 6.54 Å². The molecule has 4 heteroatoms. The molecule has 1 fully saturated rings. The highest BCUT2D eigenvalue weighted by Gasteiger charge is 2.41. The van der Waals surface area contributed by atoms with Gasteiger partial charge < -0.3 is 10.6 Å². The van der Waals surface area contributed by atoms with Gasteiger partial charge in [-0.2, -0.15) is 0 Å². The molecule has 0 aliphatic heterocycles. The average molecular weight is 282 g/mol. The number of carbonyl (C=O) groups is 2. The van der Waals surface area contributed by atoms with Crippen molar-refractivity contribution in [3.05, 3.63) is 0 Å². The molecule has 0 radical (unpaired) electrons. The Morgan fingerprint density at radius 3 is 2.30 bits per heavy atom. The van der Waals surface area contributed by atoms with Gasteiger partial charge in [0, 0.05) is 25.4 Å². The van der Waals surface area contributed by atoms with E-state index >= 15 is 0 Å². The number of hydrogen-bond acceptors (Lipinski definition) is 2. The van der Waals surface area contributed by atoms with Gasteiger partial charge in [0.25, 0.3) is 0 Å². The van der Waals surface area contributed by atoms with Crippen LogP contribution < -0.4 is 10.6 Å². The second-order valence-electron chi connectivity index (χ2n) is 7.83. The first-order valence-corrected chi connectivity index (χ1v) is 7.58. The average Bonchev–Trinajstić information content (AvgIpc) is 2.21. The predicted octanol–water partition coefficient (Wildman–Crippen LogP) is 2.48. The van der Waals surface area contributed by atoms with Crippen molar-refractivity contribution in [1.29, 1.82) is 0 Å². The van der Waals surface area contributed by atoms with Gasteiger partial charge in [-0.3, -0.25) is 9.59 Å². The molecule has 0 spiro atoms. The molecule has 0 aromatic heterocycles. The van der Waals surface area contributed by atoms with E-state index in [1.807, 2.05) is 13.8 Å². The molecule has 116 valence electrons. The summed E-state index contributed by atoms with van der Waals surface area (Å²) in [6, 6.07) is 0.206. The molecule has 1 aliphatic carbocycles. The highest BCUT2D eigenvalue weighted by Crippen LogP contribution is 2.45. The topological polar surface area (TPSA) is 58.2 Å². The van der Waals surface area contributed by atoms with Crippen LogP contribution in [0.2, 0.25) is 0 Å². The molecule has 2 amide bonds. The van der Waals surface area contributed by atoms with Crippen LogP contribution in [0.4, 0.5) is 0 Å². The maximum atomic E-state index is 11.8. The number of rotatable bonds is 4. The van der Waals surface area contributed by atoms with Crippen LogP contribution in [0.1, 0.15) is 60.8 Å². The summed E-state index contributed by atoms with van der Waals surface area (Å²) in [7, 11) is 0. The Labute approximate surface area is 123 Å². The van der Waals surface area contributed by atoms with Crippen molar-refractivity contribution in [2.75, 3.05) is 6.54 Å². The molecule has 0 aromatic rings. The molecule has 1 rings (SSSR count). The summed E-state index contributed by atoms with van der Waals surface area (Å²) in [6.07, 6.45) is 2.99. The van der Waals surface area contributed by atoms with Gasteiger partial charge in [0.2, 0.25) is 11.8 Å². The quantitative estimate of drug-likeness (QED) is 0.832. The third kappa shape index (κ3) is 5.14. The van der Waals surface area contributed by atoms with E-state index in [0.717, 1.165) is 19.3 Å². The zero-order chi connectivity index (χ0) is 15.6. The highest BCUT2D eigenvalue weighted by atomic mass is 16.2. The first-order valence-electron chi connectivity index (χ1n) is 7.58. The molecule has 0 saturated heterocycles. The van der Waals surface area contributed by atoms with Crippen LogP contribution in [0.5, 0.6) is 0 Å². The summed E-state index contributed by atoms with van der Waals surface area (Å²) in [4.78, 5) is 23.1. The van der Waals surface area contributed by atoms with Crippen LogP contribution in [0.3, 0.4) is 0 Å². The number of carbonyl (C=O) groups excluding carboxylic acids is 2. The van der Waals surface area contributed by atoms with Gasteiger partial charge in [0.1, 0.15) is 0 Å². The predicted molar refractivity (Wildman–Crippen MR) is 81.2 cm³/mol.